The van der Waals surface area contributed by atoms with E-state index in [2.05, 4.69) is 26.4 Å². The molecule has 1 rings (SSSR count). The lowest BCUT2D eigenvalue weighted by molar-refractivity contribution is -0.121. The van der Waals surface area contributed by atoms with Crippen molar-refractivity contribution in [2.75, 3.05) is 5.32 Å². The summed E-state index contributed by atoms with van der Waals surface area (Å²) in [5.74, 6) is -0.460. The highest BCUT2D eigenvalue weighted by Crippen LogP contribution is 2.23. The number of hydrogen-bond acceptors (Lipinski definition) is 3. The lowest BCUT2D eigenvalue weighted by atomic mass is 9.90. The molecule has 1 amide bonds. The van der Waals surface area contributed by atoms with Crippen LogP contribution in [0, 0.1) is 12.3 Å². The van der Waals surface area contributed by atoms with Crippen molar-refractivity contribution in [3.8, 4) is 0 Å². The van der Waals surface area contributed by atoms with E-state index in [0.717, 1.165) is 10.0 Å². The van der Waals surface area contributed by atoms with E-state index >= 15 is 0 Å². The van der Waals surface area contributed by atoms with E-state index in [1.807, 2.05) is 19.1 Å². The number of carbonyl (C=O) groups excluding carboxylic acids is 1. The zero-order valence-electron chi connectivity index (χ0n) is 10.5. The first-order chi connectivity index (χ1) is 8.28. The number of amidine groups is 1. The van der Waals surface area contributed by atoms with Crippen molar-refractivity contribution in [2.24, 2.45) is 16.3 Å². The Bertz CT molecular complexity index is 498. The van der Waals surface area contributed by atoms with Gasteiger partial charge in [-0.2, -0.15) is 0 Å². The van der Waals surface area contributed by atoms with E-state index in [9.17, 15) is 4.79 Å². The van der Waals surface area contributed by atoms with E-state index < -0.39 is 5.41 Å². The van der Waals surface area contributed by atoms with Gasteiger partial charge >= 0.3 is 0 Å². The van der Waals surface area contributed by atoms with Crippen LogP contribution in [0.2, 0.25) is 0 Å². The third-order valence-electron chi connectivity index (χ3n) is 2.75. The first kappa shape index (κ1) is 14.5. The number of carbonyl (C=O) groups is 1. The molecule has 0 aromatic heterocycles. The van der Waals surface area contributed by atoms with Crippen molar-refractivity contribution in [1.29, 1.82) is 0 Å². The fraction of sp³-hybridized carbons (Fsp3) is 0.333. The van der Waals surface area contributed by atoms with Gasteiger partial charge in [0.15, 0.2) is 5.84 Å². The molecule has 0 saturated heterocycles. The highest BCUT2D eigenvalue weighted by molar-refractivity contribution is 9.10. The summed E-state index contributed by atoms with van der Waals surface area (Å²) in [4.78, 5) is 12.1. The molecule has 1 aromatic carbocycles. The van der Waals surface area contributed by atoms with Crippen molar-refractivity contribution >= 4 is 33.4 Å². The fourth-order valence-electron chi connectivity index (χ4n) is 1.29. The molecule has 0 fully saturated rings. The minimum absolute atomic E-state index is 0.130. The second-order valence-electron chi connectivity index (χ2n) is 4.52. The fourth-order valence-corrected chi connectivity index (χ4v) is 1.76. The monoisotopic (exact) mass is 313 g/mol. The number of oxime groups is 1. The standard InChI is InChI=1S/C12H16BrN3O2/c1-7-6-8(13)4-5-9(7)15-11(17)12(2,3)10(14)16-18/h4-6,18H,1-3H3,(H2,14,16)(H,15,17). The van der Waals surface area contributed by atoms with Crippen LogP contribution in [-0.2, 0) is 4.79 Å². The molecule has 0 heterocycles. The van der Waals surface area contributed by atoms with Crippen molar-refractivity contribution in [3.05, 3.63) is 28.2 Å². The number of rotatable bonds is 3. The molecule has 0 radical (unpaired) electrons. The van der Waals surface area contributed by atoms with Gasteiger partial charge in [-0.15, -0.1) is 0 Å². The predicted octanol–water partition coefficient (Wildman–Crippen LogP) is 2.47. The van der Waals surface area contributed by atoms with E-state index in [1.165, 1.54) is 0 Å². The van der Waals surface area contributed by atoms with Crippen molar-refractivity contribution in [1.82, 2.24) is 0 Å². The van der Waals surface area contributed by atoms with Crippen LogP contribution in [0.25, 0.3) is 0 Å². The quantitative estimate of drug-likeness (QED) is 0.347. The molecule has 0 aliphatic carbocycles. The summed E-state index contributed by atoms with van der Waals surface area (Å²) in [7, 11) is 0. The Labute approximate surface area is 114 Å². The lowest BCUT2D eigenvalue weighted by Gasteiger charge is -2.22. The maximum absolute atomic E-state index is 12.1. The Hall–Kier alpha value is -1.56. The average Bonchev–Trinajstić information content (AvgIpc) is 2.31. The van der Waals surface area contributed by atoms with Crippen LogP contribution in [0.3, 0.4) is 0 Å². The Balaban J connectivity index is 2.95. The summed E-state index contributed by atoms with van der Waals surface area (Å²) >= 11 is 3.35. The van der Waals surface area contributed by atoms with Crippen LogP contribution in [0.5, 0.6) is 0 Å². The predicted molar refractivity (Wildman–Crippen MR) is 74.7 cm³/mol. The molecule has 1 aromatic rings. The number of halogens is 1. The summed E-state index contributed by atoms with van der Waals surface area (Å²) in [6.45, 7) is 5.06. The maximum atomic E-state index is 12.1. The second kappa shape index (κ2) is 5.39. The Kier molecular flexibility index (Phi) is 4.34. The Morgan fingerprint density at radius 1 is 1.50 bits per heavy atom. The van der Waals surface area contributed by atoms with E-state index in [-0.39, 0.29) is 11.7 Å². The Morgan fingerprint density at radius 2 is 2.11 bits per heavy atom. The zero-order valence-corrected chi connectivity index (χ0v) is 12.1. The van der Waals surface area contributed by atoms with Crippen molar-refractivity contribution in [2.45, 2.75) is 20.8 Å². The number of nitrogens with zero attached hydrogens (tertiary/aromatic N) is 1. The van der Waals surface area contributed by atoms with Crippen LogP contribution < -0.4 is 11.1 Å². The van der Waals surface area contributed by atoms with Gasteiger partial charge in [-0.1, -0.05) is 21.1 Å². The number of nitrogens with one attached hydrogen (secondary N) is 1. The number of anilines is 1. The molecule has 0 bridgehead atoms. The van der Waals surface area contributed by atoms with Crippen molar-refractivity contribution in [3.63, 3.8) is 0 Å². The van der Waals surface area contributed by atoms with Crippen LogP contribution in [0.1, 0.15) is 19.4 Å². The lowest BCUT2D eigenvalue weighted by Crippen LogP contribution is -2.42. The molecule has 0 saturated carbocycles. The van der Waals surface area contributed by atoms with Gasteiger partial charge in [0.25, 0.3) is 0 Å². The third-order valence-corrected chi connectivity index (χ3v) is 3.25. The molecule has 18 heavy (non-hydrogen) atoms. The van der Waals surface area contributed by atoms with Crippen molar-refractivity contribution < 1.29 is 10.0 Å². The zero-order chi connectivity index (χ0) is 13.9. The average molecular weight is 314 g/mol. The molecule has 0 atom stereocenters. The maximum Gasteiger partial charge on any atom is 0.237 e. The van der Waals surface area contributed by atoms with Gasteiger partial charge in [-0.05, 0) is 44.5 Å². The number of amides is 1. The van der Waals surface area contributed by atoms with Gasteiger partial charge in [0.2, 0.25) is 5.91 Å². The van der Waals surface area contributed by atoms with Gasteiger partial charge in [0, 0.05) is 10.2 Å². The molecule has 0 spiro atoms. The summed E-state index contributed by atoms with van der Waals surface area (Å²) < 4.78 is 0.939. The molecule has 6 heteroatoms. The molecular formula is C12H16BrN3O2. The highest BCUT2D eigenvalue weighted by Gasteiger charge is 2.33. The topological polar surface area (TPSA) is 87.7 Å². The van der Waals surface area contributed by atoms with E-state index in [1.54, 1.807) is 19.9 Å². The first-order valence-electron chi connectivity index (χ1n) is 5.34. The first-order valence-corrected chi connectivity index (χ1v) is 6.14. The van der Waals surface area contributed by atoms with Gasteiger partial charge < -0.3 is 16.3 Å². The number of aryl methyl sites for hydroxylation is 1. The van der Waals surface area contributed by atoms with Gasteiger partial charge in [0.1, 0.15) is 5.41 Å². The minimum atomic E-state index is -1.08. The summed E-state index contributed by atoms with van der Waals surface area (Å²) in [6, 6.07) is 5.52. The number of nitrogens with two attached hydrogens (primary N) is 1. The van der Waals surface area contributed by atoms with Crippen LogP contribution >= 0.6 is 15.9 Å². The number of hydrogen-bond donors (Lipinski definition) is 3. The van der Waals surface area contributed by atoms with Gasteiger partial charge in [0.05, 0.1) is 0 Å². The minimum Gasteiger partial charge on any atom is -0.409 e. The van der Waals surface area contributed by atoms with Gasteiger partial charge in [-0.25, -0.2) is 0 Å². The van der Waals surface area contributed by atoms with E-state index in [4.69, 9.17) is 10.9 Å². The summed E-state index contributed by atoms with van der Waals surface area (Å²) in [5, 5.41) is 14.3. The highest BCUT2D eigenvalue weighted by atomic mass is 79.9. The molecule has 4 N–H and O–H groups in total. The summed E-state index contributed by atoms with van der Waals surface area (Å²) in [6.07, 6.45) is 0. The molecule has 98 valence electrons. The molecular weight excluding hydrogens is 298 g/mol. The second-order valence-corrected chi connectivity index (χ2v) is 5.44. The third kappa shape index (κ3) is 3.01. The van der Waals surface area contributed by atoms with E-state index in [0.29, 0.717) is 5.69 Å². The SMILES string of the molecule is Cc1cc(Br)ccc1NC(=O)C(C)(C)C(N)=NO. The molecule has 0 unspecified atom stereocenters. The molecule has 0 aliphatic heterocycles. The smallest absolute Gasteiger partial charge is 0.237 e. The number of benzene rings is 1. The molecule has 0 aliphatic rings. The normalized spacial score (nSPS) is 12.3. The summed E-state index contributed by atoms with van der Waals surface area (Å²) in [5.41, 5.74) is 6.04. The van der Waals surface area contributed by atoms with Crippen LogP contribution in [-0.4, -0.2) is 17.0 Å². The van der Waals surface area contributed by atoms with Crippen LogP contribution in [0.15, 0.2) is 27.8 Å². The van der Waals surface area contributed by atoms with Crippen LogP contribution in [0.4, 0.5) is 5.69 Å². The van der Waals surface area contributed by atoms with Gasteiger partial charge in [-0.3, -0.25) is 4.79 Å². The largest absolute Gasteiger partial charge is 0.409 e. The molecule has 5 nitrogen and oxygen atoms in total. The Morgan fingerprint density at radius 3 is 2.61 bits per heavy atom.